The lowest BCUT2D eigenvalue weighted by Crippen LogP contribution is -2.48. The van der Waals surface area contributed by atoms with Gasteiger partial charge in [0.05, 0.1) is 24.3 Å². The lowest BCUT2D eigenvalue weighted by atomic mass is 9.90. The molecular weight excluding hydrogens is 487 g/mol. The van der Waals surface area contributed by atoms with E-state index in [4.69, 9.17) is 9.47 Å². The molecule has 194 valence electrons. The fourth-order valence-electron chi connectivity index (χ4n) is 4.79. The molecule has 1 aliphatic rings. The first-order valence-electron chi connectivity index (χ1n) is 11.2. The maximum Gasteiger partial charge on any atom is 0.411 e. The molecule has 1 saturated heterocycles. The minimum atomic E-state index is -4.55. The van der Waals surface area contributed by atoms with Crippen LogP contribution in [0.15, 0.2) is 42.6 Å². The number of ether oxygens (including phenoxy) is 2. The van der Waals surface area contributed by atoms with E-state index in [-0.39, 0.29) is 41.6 Å². The Kier molecular flexibility index (Phi) is 6.98. The van der Waals surface area contributed by atoms with E-state index >= 15 is 8.78 Å². The number of aryl methyl sites for hydroxylation is 1. The number of H-pyrrole nitrogens is 1. The number of benzene rings is 2. The summed E-state index contributed by atoms with van der Waals surface area (Å²) in [6.45, 7) is 0.0257. The first-order valence-corrected chi connectivity index (χ1v) is 11.2. The van der Waals surface area contributed by atoms with Gasteiger partial charge in [-0.15, -0.1) is 0 Å². The van der Waals surface area contributed by atoms with Crippen molar-refractivity contribution < 1.29 is 41.3 Å². The van der Waals surface area contributed by atoms with E-state index in [1.165, 1.54) is 43.5 Å². The number of alkyl halides is 5. The van der Waals surface area contributed by atoms with Crippen molar-refractivity contribution in [1.29, 1.82) is 0 Å². The molecule has 1 aliphatic heterocycles. The number of carbonyl (C=O) groups is 1. The number of rotatable bonds is 7. The Hall–Kier alpha value is -3.18. The van der Waals surface area contributed by atoms with Crippen molar-refractivity contribution >= 4 is 16.9 Å². The fraction of sp³-hybridized carbons (Fsp3) is 0.400. The molecule has 11 heteroatoms. The van der Waals surface area contributed by atoms with E-state index in [9.17, 15) is 23.1 Å². The van der Waals surface area contributed by atoms with Crippen molar-refractivity contribution in [2.45, 2.75) is 44.1 Å². The number of hydrogen-bond donors (Lipinski definition) is 2. The molecule has 0 saturated carbocycles. The quantitative estimate of drug-likeness (QED) is 0.299. The number of aromatic nitrogens is 1. The average Bonchev–Trinajstić information content (AvgIpc) is 3.32. The second-order valence-corrected chi connectivity index (χ2v) is 8.79. The third-order valence-electron chi connectivity index (χ3n) is 6.47. The summed E-state index contributed by atoms with van der Waals surface area (Å²) in [5.74, 6) is -1.20. The molecule has 0 bridgehead atoms. The molecule has 4 rings (SSSR count). The van der Waals surface area contributed by atoms with Gasteiger partial charge in [-0.25, -0.2) is 9.69 Å². The van der Waals surface area contributed by atoms with Gasteiger partial charge in [0.2, 0.25) is 0 Å². The van der Waals surface area contributed by atoms with Crippen molar-refractivity contribution in [1.82, 2.24) is 9.88 Å². The first-order chi connectivity index (χ1) is 16.9. The summed E-state index contributed by atoms with van der Waals surface area (Å²) in [6, 6.07) is 3.79. The Morgan fingerprint density at radius 2 is 1.86 bits per heavy atom. The maximum absolute atomic E-state index is 16.4. The lowest BCUT2D eigenvalue weighted by molar-refractivity contribution is -0.216. The van der Waals surface area contributed by atoms with Crippen molar-refractivity contribution in [2.75, 3.05) is 20.3 Å². The highest BCUT2D eigenvalue weighted by molar-refractivity contribution is 5.89. The Morgan fingerprint density at radius 3 is 2.47 bits per heavy atom. The number of halogens is 5. The average molecular weight is 512 g/mol. The van der Waals surface area contributed by atoms with Crippen LogP contribution < -0.4 is 4.74 Å². The van der Waals surface area contributed by atoms with Gasteiger partial charge in [0.1, 0.15) is 12.4 Å². The molecule has 1 aromatic heterocycles. The highest BCUT2D eigenvalue weighted by Gasteiger charge is 2.49. The summed E-state index contributed by atoms with van der Waals surface area (Å²) >= 11 is 0. The fourth-order valence-corrected chi connectivity index (χ4v) is 4.79. The molecule has 6 nitrogen and oxygen atoms in total. The monoisotopic (exact) mass is 512 g/mol. The second-order valence-electron chi connectivity index (χ2n) is 8.79. The third kappa shape index (κ3) is 5.03. The predicted octanol–water partition coefficient (Wildman–Crippen LogP) is 6.02. The molecule has 2 N–H and O–H groups in total. The van der Waals surface area contributed by atoms with Gasteiger partial charge >= 0.3 is 18.2 Å². The van der Waals surface area contributed by atoms with Crippen LogP contribution in [0.2, 0.25) is 0 Å². The standard InChI is InChI=1S/C25H25F5N2O4/c1-14-11-20(35-2)21(18-7-9-31-22(14)18)25(29,30)32-10-8-17(36-13-24(26,27)28)12-19(32)15-3-5-16(6-4-15)23(33)34/h3-7,9,11,17,19,31H,8,10,12-13H2,1-2H3,(H,33,34)/t17-,19-/m0/s1. The molecular formula is C25H25F5N2O4. The highest BCUT2D eigenvalue weighted by Crippen LogP contribution is 2.49. The smallest absolute Gasteiger partial charge is 0.411 e. The van der Waals surface area contributed by atoms with Gasteiger partial charge in [-0.05, 0) is 55.2 Å². The van der Waals surface area contributed by atoms with Gasteiger partial charge in [-0.3, -0.25) is 0 Å². The Bertz CT molecular complexity index is 1240. The summed E-state index contributed by atoms with van der Waals surface area (Å²) in [7, 11) is 1.30. The van der Waals surface area contributed by atoms with Crippen LogP contribution in [0.25, 0.3) is 10.9 Å². The second kappa shape index (κ2) is 9.70. The zero-order valence-corrected chi connectivity index (χ0v) is 19.5. The maximum atomic E-state index is 16.4. The van der Waals surface area contributed by atoms with E-state index in [0.29, 0.717) is 16.6 Å². The Balaban J connectivity index is 1.76. The van der Waals surface area contributed by atoms with Crippen LogP contribution in [-0.4, -0.2) is 53.5 Å². The number of piperidine rings is 1. The Labute approximate surface area is 203 Å². The number of aromatic amines is 1. The van der Waals surface area contributed by atoms with Gasteiger partial charge < -0.3 is 19.6 Å². The summed E-state index contributed by atoms with van der Waals surface area (Å²) < 4.78 is 81.4. The molecule has 2 aromatic carbocycles. The largest absolute Gasteiger partial charge is 0.496 e. The van der Waals surface area contributed by atoms with E-state index in [0.717, 1.165) is 4.90 Å². The molecule has 0 unspecified atom stereocenters. The number of nitrogens with one attached hydrogen (secondary N) is 1. The van der Waals surface area contributed by atoms with Crippen molar-refractivity contribution in [3.05, 3.63) is 64.8 Å². The van der Waals surface area contributed by atoms with Crippen molar-refractivity contribution in [3.8, 4) is 5.75 Å². The molecule has 0 amide bonds. The first kappa shape index (κ1) is 25.9. The SMILES string of the molecule is COc1cc(C)c2[nH]ccc2c1C(F)(F)N1CC[C@H](OCC(F)(F)F)C[C@H]1c1ccc(C(=O)O)cc1. The van der Waals surface area contributed by atoms with Gasteiger partial charge in [0, 0.05) is 29.7 Å². The van der Waals surface area contributed by atoms with Gasteiger partial charge in [-0.1, -0.05) is 12.1 Å². The lowest BCUT2D eigenvalue weighted by Gasteiger charge is -2.44. The predicted molar refractivity (Wildman–Crippen MR) is 121 cm³/mol. The number of methoxy groups -OCH3 is 1. The molecule has 0 spiro atoms. The number of nitrogens with zero attached hydrogens (tertiary/aromatic N) is 1. The van der Waals surface area contributed by atoms with E-state index < -0.39 is 36.9 Å². The number of likely N-dealkylation sites (tertiary alicyclic amines) is 1. The molecule has 0 aliphatic carbocycles. The minimum absolute atomic E-state index is 0.0139. The van der Waals surface area contributed by atoms with Crippen LogP contribution in [0.1, 0.15) is 45.9 Å². The van der Waals surface area contributed by atoms with Crippen LogP contribution in [0.5, 0.6) is 5.75 Å². The van der Waals surface area contributed by atoms with Crippen LogP contribution in [0.3, 0.4) is 0 Å². The van der Waals surface area contributed by atoms with E-state index in [2.05, 4.69) is 4.98 Å². The zero-order valence-electron chi connectivity index (χ0n) is 19.5. The number of carboxylic acid groups (broad SMARTS) is 1. The van der Waals surface area contributed by atoms with E-state index in [1.54, 1.807) is 13.1 Å². The van der Waals surface area contributed by atoms with Gasteiger partial charge in [-0.2, -0.15) is 22.0 Å². The normalized spacial score (nSPS) is 19.5. The van der Waals surface area contributed by atoms with Gasteiger partial charge in [0.15, 0.2) is 0 Å². The molecule has 2 atom stereocenters. The van der Waals surface area contributed by atoms with E-state index in [1.807, 2.05) is 0 Å². The molecule has 3 aromatic rings. The third-order valence-corrected chi connectivity index (χ3v) is 6.47. The summed E-state index contributed by atoms with van der Waals surface area (Å²) in [5, 5.41) is 9.46. The van der Waals surface area contributed by atoms with Crippen molar-refractivity contribution in [3.63, 3.8) is 0 Å². The molecule has 2 heterocycles. The summed E-state index contributed by atoms with van der Waals surface area (Å²) in [4.78, 5) is 15.1. The molecule has 1 fully saturated rings. The molecule has 0 radical (unpaired) electrons. The molecule has 36 heavy (non-hydrogen) atoms. The van der Waals surface area contributed by atoms with Crippen molar-refractivity contribution in [2.24, 2.45) is 0 Å². The van der Waals surface area contributed by atoms with Crippen LogP contribution in [0, 0.1) is 6.92 Å². The van der Waals surface area contributed by atoms with Gasteiger partial charge in [0.25, 0.3) is 0 Å². The van der Waals surface area contributed by atoms with Crippen LogP contribution in [0.4, 0.5) is 22.0 Å². The number of hydrogen-bond acceptors (Lipinski definition) is 4. The number of aromatic carboxylic acids is 1. The highest BCUT2D eigenvalue weighted by atomic mass is 19.4. The topological polar surface area (TPSA) is 74.8 Å². The minimum Gasteiger partial charge on any atom is -0.496 e. The number of carboxylic acids is 1. The number of fused-ring (bicyclic) bond motifs is 1. The van der Waals surface area contributed by atoms with Crippen LogP contribution >= 0.6 is 0 Å². The zero-order chi connectivity index (χ0) is 26.3. The Morgan fingerprint density at radius 1 is 1.17 bits per heavy atom. The summed E-state index contributed by atoms with van der Waals surface area (Å²) in [6.07, 6.45) is -4.08. The summed E-state index contributed by atoms with van der Waals surface area (Å²) in [5.41, 5.74) is 1.19. The van der Waals surface area contributed by atoms with Crippen LogP contribution in [-0.2, 0) is 10.8 Å².